The van der Waals surface area contributed by atoms with Crippen molar-refractivity contribution in [3.8, 4) is 0 Å². The Bertz CT molecular complexity index is 689. The Morgan fingerprint density at radius 3 is 2.50 bits per heavy atom. The maximum atomic E-state index is 12.2. The van der Waals surface area contributed by atoms with Crippen molar-refractivity contribution in [2.24, 2.45) is 5.73 Å². The smallest absolute Gasteiger partial charge is 0.240 e. The minimum Gasteiger partial charge on any atom is -0.327 e. The molecule has 3 N–H and O–H groups in total. The van der Waals surface area contributed by atoms with Crippen LogP contribution in [0.2, 0.25) is 0 Å². The van der Waals surface area contributed by atoms with Crippen molar-refractivity contribution in [3.63, 3.8) is 0 Å². The van der Waals surface area contributed by atoms with Gasteiger partial charge in [-0.15, -0.1) is 0 Å². The summed E-state index contributed by atoms with van der Waals surface area (Å²) in [5, 5.41) is 0. The van der Waals surface area contributed by atoms with E-state index in [0.29, 0.717) is 13.1 Å². The van der Waals surface area contributed by atoms with Gasteiger partial charge < -0.3 is 5.73 Å². The molecule has 1 fully saturated rings. The summed E-state index contributed by atoms with van der Waals surface area (Å²) in [6.45, 7) is 0.584. The molecule has 1 unspecified atom stereocenters. The highest BCUT2D eigenvalue weighted by Crippen LogP contribution is 2.13. The number of hydrogen-bond donors (Lipinski definition) is 2. The molecule has 1 aliphatic rings. The first kappa shape index (κ1) is 17.4. The molecule has 124 valence electrons. The highest BCUT2D eigenvalue weighted by molar-refractivity contribution is 7.90. The summed E-state index contributed by atoms with van der Waals surface area (Å²) in [6, 6.07) is 7.70. The Balaban J connectivity index is 1.93. The van der Waals surface area contributed by atoms with Gasteiger partial charge in [0.25, 0.3) is 0 Å². The van der Waals surface area contributed by atoms with Crippen LogP contribution in [0.3, 0.4) is 0 Å². The summed E-state index contributed by atoms with van der Waals surface area (Å²) in [6.07, 6.45) is 1.54. The average molecular weight is 347 g/mol. The van der Waals surface area contributed by atoms with Crippen LogP contribution in [0.5, 0.6) is 0 Å². The number of piperidine rings is 1. The summed E-state index contributed by atoms with van der Waals surface area (Å²) < 4.78 is 52.1. The van der Waals surface area contributed by atoms with Crippen molar-refractivity contribution in [2.45, 2.75) is 23.8 Å². The number of hydrogen-bond acceptors (Lipinski definition) is 5. The van der Waals surface area contributed by atoms with Gasteiger partial charge in [-0.1, -0.05) is 18.2 Å². The summed E-state index contributed by atoms with van der Waals surface area (Å²) >= 11 is 0. The van der Waals surface area contributed by atoms with E-state index in [0.717, 1.165) is 12.8 Å². The molecule has 9 heteroatoms. The summed E-state index contributed by atoms with van der Waals surface area (Å²) in [5.74, 6) is -0.272. The van der Waals surface area contributed by atoms with Crippen LogP contribution >= 0.6 is 0 Å². The molecular formula is C13H21N3O4S2. The first-order chi connectivity index (χ1) is 10.3. The SMILES string of the molecule is NC1CCCN(S(=O)(=O)CCNS(=O)(=O)c2ccccc2)C1. The van der Waals surface area contributed by atoms with Gasteiger partial charge in [0, 0.05) is 25.7 Å². The van der Waals surface area contributed by atoms with E-state index < -0.39 is 20.0 Å². The number of nitrogens with two attached hydrogens (primary N) is 1. The lowest BCUT2D eigenvalue weighted by atomic mass is 10.1. The van der Waals surface area contributed by atoms with Crippen LogP contribution in [0.15, 0.2) is 35.2 Å². The second kappa shape index (κ2) is 7.05. The molecule has 0 saturated carbocycles. The molecule has 1 atom stereocenters. The molecule has 1 aromatic carbocycles. The standard InChI is InChI=1S/C13H21N3O4S2/c14-12-5-4-9-16(11-12)21(17,18)10-8-15-22(19,20)13-6-2-1-3-7-13/h1-3,6-7,12,15H,4-5,8-11,14H2. The van der Waals surface area contributed by atoms with E-state index in [4.69, 9.17) is 5.73 Å². The normalized spacial score (nSPS) is 20.9. The number of nitrogens with zero attached hydrogens (tertiary/aromatic N) is 1. The van der Waals surface area contributed by atoms with Crippen LogP contribution in [0.25, 0.3) is 0 Å². The van der Waals surface area contributed by atoms with Crippen molar-refractivity contribution in [3.05, 3.63) is 30.3 Å². The van der Waals surface area contributed by atoms with Crippen molar-refractivity contribution in [1.82, 2.24) is 9.03 Å². The highest BCUT2D eigenvalue weighted by atomic mass is 32.2. The van der Waals surface area contributed by atoms with E-state index >= 15 is 0 Å². The fourth-order valence-electron chi connectivity index (χ4n) is 2.34. The quantitative estimate of drug-likeness (QED) is 0.735. The minimum atomic E-state index is -3.68. The van der Waals surface area contributed by atoms with Crippen LogP contribution < -0.4 is 10.5 Å². The molecule has 1 aliphatic heterocycles. The maximum Gasteiger partial charge on any atom is 0.240 e. The lowest BCUT2D eigenvalue weighted by Gasteiger charge is -2.29. The second-order valence-corrected chi connectivity index (χ2v) is 9.14. The number of sulfonamides is 2. The molecule has 0 aliphatic carbocycles. The summed E-state index contributed by atoms with van der Waals surface area (Å²) in [7, 11) is -7.18. The third-order valence-corrected chi connectivity index (χ3v) is 6.83. The molecule has 0 amide bonds. The Morgan fingerprint density at radius 2 is 1.86 bits per heavy atom. The van der Waals surface area contributed by atoms with Crippen LogP contribution in [-0.2, 0) is 20.0 Å². The zero-order valence-electron chi connectivity index (χ0n) is 12.2. The van der Waals surface area contributed by atoms with Gasteiger partial charge in [0.05, 0.1) is 10.6 Å². The van der Waals surface area contributed by atoms with E-state index in [1.807, 2.05) is 0 Å². The van der Waals surface area contributed by atoms with E-state index in [1.165, 1.54) is 16.4 Å². The topological polar surface area (TPSA) is 110 Å². The van der Waals surface area contributed by atoms with E-state index in [1.54, 1.807) is 18.2 Å². The molecule has 0 aromatic heterocycles. The lowest BCUT2D eigenvalue weighted by molar-refractivity contribution is 0.316. The minimum absolute atomic E-state index is 0.118. The first-order valence-corrected chi connectivity index (χ1v) is 10.2. The number of benzene rings is 1. The Hall–Kier alpha value is -1.00. The third-order valence-electron chi connectivity index (χ3n) is 3.52. The monoisotopic (exact) mass is 347 g/mol. The van der Waals surface area contributed by atoms with Gasteiger partial charge >= 0.3 is 0 Å². The predicted molar refractivity (Wildman–Crippen MR) is 84.2 cm³/mol. The fourth-order valence-corrected chi connectivity index (χ4v) is 4.97. The molecular weight excluding hydrogens is 326 g/mol. The van der Waals surface area contributed by atoms with Gasteiger partial charge in [-0.3, -0.25) is 0 Å². The van der Waals surface area contributed by atoms with Gasteiger partial charge in [-0.2, -0.15) is 0 Å². The summed E-state index contributed by atoms with van der Waals surface area (Å²) in [4.78, 5) is 0.118. The van der Waals surface area contributed by atoms with Crippen LogP contribution in [0.4, 0.5) is 0 Å². The van der Waals surface area contributed by atoms with Gasteiger partial charge in [-0.05, 0) is 25.0 Å². The second-order valence-electron chi connectivity index (χ2n) is 5.29. The van der Waals surface area contributed by atoms with Crippen molar-refractivity contribution in [1.29, 1.82) is 0 Å². The van der Waals surface area contributed by atoms with Crippen LogP contribution in [0, 0.1) is 0 Å². The molecule has 7 nitrogen and oxygen atoms in total. The zero-order chi connectivity index (χ0) is 16.2. The Kier molecular flexibility index (Phi) is 5.56. The molecule has 2 rings (SSSR count). The summed E-state index contributed by atoms with van der Waals surface area (Å²) in [5.41, 5.74) is 5.78. The van der Waals surface area contributed by atoms with Gasteiger partial charge in [-0.25, -0.2) is 25.9 Å². The van der Waals surface area contributed by atoms with Gasteiger partial charge in [0.2, 0.25) is 20.0 Å². The zero-order valence-corrected chi connectivity index (χ0v) is 13.8. The number of nitrogens with one attached hydrogen (secondary N) is 1. The fraction of sp³-hybridized carbons (Fsp3) is 0.538. The largest absolute Gasteiger partial charge is 0.327 e. The van der Waals surface area contributed by atoms with E-state index in [9.17, 15) is 16.8 Å². The van der Waals surface area contributed by atoms with Crippen molar-refractivity contribution >= 4 is 20.0 Å². The maximum absolute atomic E-state index is 12.2. The molecule has 22 heavy (non-hydrogen) atoms. The molecule has 0 spiro atoms. The number of rotatable bonds is 6. The molecule has 1 aromatic rings. The Morgan fingerprint density at radius 1 is 1.18 bits per heavy atom. The third kappa shape index (κ3) is 4.50. The van der Waals surface area contributed by atoms with Crippen molar-refractivity contribution in [2.75, 3.05) is 25.4 Å². The van der Waals surface area contributed by atoms with Gasteiger partial charge in [0.15, 0.2) is 0 Å². The molecule has 0 radical (unpaired) electrons. The van der Waals surface area contributed by atoms with E-state index in [2.05, 4.69) is 4.72 Å². The van der Waals surface area contributed by atoms with Crippen LogP contribution in [-0.4, -0.2) is 52.6 Å². The van der Waals surface area contributed by atoms with Crippen molar-refractivity contribution < 1.29 is 16.8 Å². The first-order valence-electron chi connectivity index (χ1n) is 7.09. The lowest BCUT2D eigenvalue weighted by Crippen LogP contribution is -2.47. The predicted octanol–water partition coefficient (Wildman–Crippen LogP) is -0.282. The average Bonchev–Trinajstić information content (AvgIpc) is 2.48. The van der Waals surface area contributed by atoms with Gasteiger partial charge in [0.1, 0.15) is 0 Å². The van der Waals surface area contributed by atoms with Crippen LogP contribution in [0.1, 0.15) is 12.8 Å². The van der Waals surface area contributed by atoms with E-state index in [-0.39, 0.29) is 23.2 Å². The Labute approximate surface area is 131 Å². The molecule has 1 heterocycles. The molecule has 1 saturated heterocycles. The highest BCUT2D eigenvalue weighted by Gasteiger charge is 2.27. The molecule has 0 bridgehead atoms.